The lowest BCUT2D eigenvalue weighted by molar-refractivity contribution is -0.114. The quantitative estimate of drug-likeness (QED) is 0.646. The number of rotatable bonds is 5. The lowest BCUT2D eigenvalue weighted by Crippen LogP contribution is -2.20. The van der Waals surface area contributed by atoms with Crippen LogP contribution in [0, 0.1) is 5.92 Å². The molecule has 0 aliphatic heterocycles. The third-order valence-corrected chi connectivity index (χ3v) is 3.81. The predicted molar refractivity (Wildman–Crippen MR) is 83.1 cm³/mol. The molecule has 1 aromatic rings. The summed E-state index contributed by atoms with van der Waals surface area (Å²) >= 11 is 0. The Labute approximate surface area is 121 Å². The lowest BCUT2D eigenvalue weighted by Gasteiger charge is -2.21. The maximum atomic E-state index is 12.0. The first kappa shape index (κ1) is 14.6. The Kier molecular flexibility index (Phi) is 5.16. The van der Waals surface area contributed by atoms with Crippen LogP contribution in [0.5, 0.6) is 0 Å². The van der Waals surface area contributed by atoms with Gasteiger partial charge in [0.05, 0.1) is 0 Å². The van der Waals surface area contributed by atoms with Gasteiger partial charge in [0, 0.05) is 23.7 Å². The molecule has 0 fully saturated rings. The average Bonchev–Trinajstić information content (AvgIpc) is 2.47. The summed E-state index contributed by atoms with van der Waals surface area (Å²) in [5.41, 5.74) is 3.18. The SMILES string of the molecule is CC(=O)/C(=C(/C)NCc1ccccc1)C1C=CCCC1. The number of benzene rings is 1. The van der Waals surface area contributed by atoms with E-state index in [1.165, 1.54) is 12.0 Å². The molecule has 1 aliphatic rings. The zero-order valence-electron chi connectivity index (χ0n) is 12.4. The Morgan fingerprint density at radius 3 is 2.60 bits per heavy atom. The van der Waals surface area contributed by atoms with Crippen molar-refractivity contribution in [2.45, 2.75) is 39.7 Å². The largest absolute Gasteiger partial charge is 0.384 e. The van der Waals surface area contributed by atoms with Crippen LogP contribution in [0.2, 0.25) is 0 Å². The average molecular weight is 269 g/mol. The van der Waals surface area contributed by atoms with E-state index in [-0.39, 0.29) is 11.7 Å². The van der Waals surface area contributed by atoms with Gasteiger partial charge in [-0.1, -0.05) is 42.5 Å². The predicted octanol–water partition coefficient (Wildman–Crippen LogP) is 4.00. The molecule has 0 heterocycles. The second-order valence-corrected chi connectivity index (χ2v) is 5.40. The van der Waals surface area contributed by atoms with Gasteiger partial charge in [-0.25, -0.2) is 0 Å². The number of Topliss-reactive ketones (excluding diaryl/α,β-unsaturated/α-hetero) is 1. The third-order valence-electron chi connectivity index (χ3n) is 3.81. The number of hydrogen-bond donors (Lipinski definition) is 1. The van der Waals surface area contributed by atoms with Crippen LogP contribution in [0.3, 0.4) is 0 Å². The highest BCUT2D eigenvalue weighted by Crippen LogP contribution is 2.26. The van der Waals surface area contributed by atoms with E-state index in [2.05, 4.69) is 29.6 Å². The second-order valence-electron chi connectivity index (χ2n) is 5.40. The van der Waals surface area contributed by atoms with Gasteiger partial charge in [-0.15, -0.1) is 0 Å². The summed E-state index contributed by atoms with van der Waals surface area (Å²) in [4.78, 5) is 12.0. The molecule has 2 heteroatoms. The molecule has 0 amide bonds. The number of ketones is 1. The minimum Gasteiger partial charge on any atom is -0.384 e. The van der Waals surface area contributed by atoms with Crippen molar-refractivity contribution in [1.82, 2.24) is 5.32 Å². The van der Waals surface area contributed by atoms with Crippen LogP contribution in [0.25, 0.3) is 0 Å². The summed E-state index contributed by atoms with van der Waals surface area (Å²) in [6.07, 6.45) is 7.77. The van der Waals surface area contributed by atoms with Gasteiger partial charge < -0.3 is 5.32 Å². The summed E-state index contributed by atoms with van der Waals surface area (Å²) in [5, 5.41) is 3.40. The van der Waals surface area contributed by atoms with E-state index in [1.54, 1.807) is 6.92 Å². The van der Waals surface area contributed by atoms with Crippen molar-refractivity contribution >= 4 is 5.78 Å². The summed E-state index contributed by atoms with van der Waals surface area (Å²) < 4.78 is 0. The smallest absolute Gasteiger partial charge is 0.158 e. The highest BCUT2D eigenvalue weighted by atomic mass is 16.1. The van der Waals surface area contributed by atoms with Gasteiger partial charge in [-0.2, -0.15) is 0 Å². The first-order valence-corrected chi connectivity index (χ1v) is 7.34. The van der Waals surface area contributed by atoms with Gasteiger partial charge in [-0.3, -0.25) is 4.79 Å². The lowest BCUT2D eigenvalue weighted by atomic mass is 9.86. The van der Waals surface area contributed by atoms with Gasteiger partial charge in [0.15, 0.2) is 5.78 Å². The van der Waals surface area contributed by atoms with Crippen molar-refractivity contribution in [3.63, 3.8) is 0 Å². The highest BCUT2D eigenvalue weighted by molar-refractivity contribution is 5.94. The van der Waals surface area contributed by atoms with Crippen LogP contribution in [-0.2, 0) is 11.3 Å². The fraction of sp³-hybridized carbons (Fsp3) is 0.389. The second kappa shape index (κ2) is 7.09. The fourth-order valence-electron chi connectivity index (χ4n) is 2.78. The first-order chi connectivity index (χ1) is 9.68. The van der Waals surface area contributed by atoms with Crippen LogP contribution in [0.1, 0.15) is 38.7 Å². The molecule has 20 heavy (non-hydrogen) atoms. The molecule has 0 radical (unpaired) electrons. The van der Waals surface area contributed by atoms with Crippen molar-refractivity contribution in [2.75, 3.05) is 0 Å². The van der Waals surface area contributed by atoms with E-state index in [4.69, 9.17) is 0 Å². The Balaban J connectivity index is 2.11. The minimum atomic E-state index is 0.180. The number of allylic oxidation sites excluding steroid dienone is 4. The standard InChI is InChI=1S/C18H23NO/c1-14(19-13-16-9-5-3-6-10-16)18(15(2)20)17-11-7-4-8-12-17/h3,5-7,9-11,17,19H,4,8,12-13H2,1-2H3/b18-14+. The fourth-order valence-corrected chi connectivity index (χ4v) is 2.78. The molecule has 106 valence electrons. The van der Waals surface area contributed by atoms with Gasteiger partial charge >= 0.3 is 0 Å². The molecule has 1 aromatic carbocycles. The van der Waals surface area contributed by atoms with E-state index >= 15 is 0 Å². The Morgan fingerprint density at radius 1 is 1.25 bits per heavy atom. The number of hydrogen-bond acceptors (Lipinski definition) is 2. The summed E-state index contributed by atoms with van der Waals surface area (Å²) in [6, 6.07) is 10.3. The van der Waals surface area contributed by atoms with E-state index < -0.39 is 0 Å². The normalized spacial score (nSPS) is 19.4. The van der Waals surface area contributed by atoms with Gasteiger partial charge in [0.1, 0.15) is 0 Å². The molecule has 1 N–H and O–H groups in total. The van der Waals surface area contributed by atoms with Crippen molar-refractivity contribution in [3.05, 3.63) is 59.3 Å². The molecule has 1 aliphatic carbocycles. The Bertz CT molecular complexity index is 513. The van der Waals surface area contributed by atoms with E-state index in [0.717, 1.165) is 30.7 Å². The van der Waals surface area contributed by atoms with Crippen molar-refractivity contribution in [3.8, 4) is 0 Å². The monoisotopic (exact) mass is 269 g/mol. The first-order valence-electron chi connectivity index (χ1n) is 7.34. The van der Waals surface area contributed by atoms with E-state index in [1.807, 2.05) is 25.1 Å². The van der Waals surface area contributed by atoms with E-state index in [0.29, 0.717) is 0 Å². The molecule has 0 aromatic heterocycles. The molecule has 1 atom stereocenters. The maximum absolute atomic E-state index is 12.0. The zero-order valence-corrected chi connectivity index (χ0v) is 12.4. The Morgan fingerprint density at radius 2 is 2.00 bits per heavy atom. The number of carbonyl (C=O) groups is 1. The van der Waals surface area contributed by atoms with E-state index in [9.17, 15) is 4.79 Å². The van der Waals surface area contributed by atoms with Gasteiger partial charge in [0.25, 0.3) is 0 Å². The minimum absolute atomic E-state index is 0.180. The highest BCUT2D eigenvalue weighted by Gasteiger charge is 2.19. The zero-order chi connectivity index (χ0) is 14.4. The molecule has 0 saturated carbocycles. The van der Waals surface area contributed by atoms with Crippen LogP contribution in [-0.4, -0.2) is 5.78 Å². The molecule has 2 nitrogen and oxygen atoms in total. The summed E-state index contributed by atoms with van der Waals surface area (Å²) in [6.45, 7) is 4.45. The molecule has 1 unspecified atom stereocenters. The van der Waals surface area contributed by atoms with Crippen molar-refractivity contribution in [1.29, 1.82) is 0 Å². The van der Waals surface area contributed by atoms with Gasteiger partial charge in [-0.05, 0) is 38.7 Å². The van der Waals surface area contributed by atoms with Crippen LogP contribution in [0.15, 0.2) is 53.8 Å². The summed E-state index contributed by atoms with van der Waals surface area (Å²) in [7, 11) is 0. The molecule has 0 saturated heterocycles. The van der Waals surface area contributed by atoms with Crippen molar-refractivity contribution < 1.29 is 4.79 Å². The number of nitrogens with one attached hydrogen (secondary N) is 1. The van der Waals surface area contributed by atoms with Crippen LogP contribution >= 0.6 is 0 Å². The molecule has 0 bridgehead atoms. The molecule has 0 spiro atoms. The number of carbonyl (C=O) groups excluding carboxylic acids is 1. The maximum Gasteiger partial charge on any atom is 0.158 e. The van der Waals surface area contributed by atoms with Crippen LogP contribution < -0.4 is 5.32 Å². The summed E-state index contributed by atoms with van der Waals surface area (Å²) in [5.74, 6) is 0.462. The molecule has 2 rings (SSSR count). The van der Waals surface area contributed by atoms with Gasteiger partial charge in [0.2, 0.25) is 0 Å². The topological polar surface area (TPSA) is 29.1 Å². The molecular formula is C18H23NO. The Hall–Kier alpha value is -1.83. The van der Waals surface area contributed by atoms with Crippen molar-refractivity contribution in [2.24, 2.45) is 5.92 Å². The molecular weight excluding hydrogens is 246 g/mol. The third kappa shape index (κ3) is 3.83. The van der Waals surface area contributed by atoms with Crippen LogP contribution in [0.4, 0.5) is 0 Å².